The Kier molecular flexibility index (Phi) is 6.95. The Bertz CT molecular complexity index is 1010. The highest BCUT2D eigenvalue weighted by Crippen LogP contribution is 2.29. The first kappa shape index (κ1) is 22.0. The maximum absolute atomic E-state index is 12.6. The lowest BCUT2D eigenvalue weighted by Crippen LogP contribution is -2.14. The van der Waals surface area contributed by atoms with Gasteiger partial charge in [0.15, 0.2) is 0 Å². The Morgan fingerprint density at radius 3 is 2.14 bits per heavy atom. The van der Waals surface area contributed by atoms with Crippen molar-refractivity contribution in [2.75, 3.05) is 22.8 Å². The van der Waals surface area contributed by atoms with Crippen molar-refractivity contribution < 1.29 is 21.6 Å². The second-order valence-electron chi connectivity index (χ2n) is 6.97. The van der Waals surface area contributed by atoms with Gasteiger partial charge in [-0.3, -0.25) is 9.44 Å². The topological polar surface area (TPSA) is 102 Å². The Morgan fingerprint density at radius 2 is 1.61 bits per heavy atom. The number of methoxy groups -OCH3 is 1. The van der Waals surface area contributed by atoms with E-state index < -0.39 is 20.0 Å². The number of nitrogens with one attached hydrogen (secondary N) is 2. The van der Waals surface area contributed by atoms with E-state index in [1.807, 2.05) is 12.1 Å². The van der Waals surface area contributed by atoms with Crippen LogP contribution in [0.25, 0.3) is 0 Å². The molecular formula is C19H26N2O5S2. The first-order valence-electron chi connectivity index (χ1n) is 8.78. The van der Waals surface area contributed by atoms with Gasteiger partial charge in [0, 0.05) is 0 Å². The summed E-state index contributed by atoms with van der Waals surface area (Å²) in [5, 5.41) is 0. The zero-order chi connectivity index (χ0) is 20.9. The van der Waals surface area contributed by atoms with Crippen LogP contribution < -0.4 is 14.2 Å². The highest BCUT2D eigenvalue weighted by molar-refractivity contribution is 7.92. The molecule has 7 nitrogen and oxygen atoms in total. The van der Waals surface area contributed by atoms with Crippen LogP contribution in [0.3, 0.4) is 0 Å². The molecule has 9 heteroatoms. The third-order valence-corrected chi connectivity index (χ3v) is 5.98. The maximum Gasteiger partial charge on any atom is 0.261 e. The Labute approximate surface area is 167 Å². The molecule has 2 rings (SSSR count). The first-order valence-corrected chi connectivity index (χ1v) is 12.2. The van der Waals surface area contributed by atoms with Gasteiger partial charge in [0.25, 0.3) is 10.0 Å². The number of rotatable bonds is 9. The molecule has 154 valence electrons. The normalized spacial score (nSPS) is 12.0. The van der Waals surface area contributed by atoms with E-state index >= 15 is 0 Å². The summed E-state index contributed by atoms with van der Waals surface area (Å²) >= 11 is 0. The summed E-state index contributed by atoms with van der Waals surface area (Å²) in [6.07, 6.45) is 2.93. The smallest absolute Gasteiger partial charge is 0.261 e. The summed E-state index contributed by atoms with van der Waals surface area (Å²) < 4.78 is 58.2. The van der Waals surface area contributed by atoms with Gasteiger partial charge in [0.1, 0.15) is 5.75 Å². The Balaban J connectivity index is 2.22. The van der Waals surface area contributed by atoms with Crippen LogP contribution in [0.15, 0.2) is 47.4 Å². The van der Waals surface area contributed by atoms with Gasteiger partial charge in [-0.15, -0.1) is 0 Å². The molecule has 0 spiro atoms. The molecule has 0 saturated carbocycles. The van der Waals surface area contributed by atoms with Gasteiger partial charge in [-0.1, -0.05) is 26.0 Å². The molecule has 0 aliphatic heterocycles. The third-order valence-electron chi connectivity index (χ3n) is 3.99. The summed E-state index contributed by atoms with van der Waals surface area (Å²) in [5.41, 5.74) is 1.45. The molecule has 0 amide bonds. The lowest BCUT2D eigenvalue weighted by molar-refractivity contribution is 0.417. The molecule has 0 radical (unpaired) electrons. The van der Waals surface area contributed by atoms with Gasteiger partial charge in [-0.2, -0.15) is 0 Å². The molecular weight excluding hydrogens is 400 g/mol. The predicted octanol–water partition coefficient (Wildman–Crippen LogP) is 3.46. The summed E-state index contributed by atoms with van der Waals surface area (Å²) in [6.45, 7) is 4.29. The molecule has 0 unspecified atom stereocenters. The van der Waals surface area contributed by atoms with Crippen molar-refractivity contribution in [3.63, 3.8) is 0 Å². The second-order valence-corrected chi connectivity index (χ2v) is 10.4. The minimum atomic E-state index is -3.81. The monoisotopic (exact) mass is 426 g/mol. The van der Waals surface area contributed by atoms with Crippen molar-refractivity contribution in [3.05, 3.63) is 48.0 Å². The van der Waals surface area contributed by atoms with Gasteiger partial charge in [-0.05, 0) is 54.7 Å². The van der Waals surface area contributed by atoms with E-state index in [0.717, 1.165) is 24.7 Å². The van der Waals surface area contributed by atoms with E-state index in [2.05, 4.69) is 23.3 Å². The van der Waals surface area contributed by atoms with Crippen LogP contribution in [-0.4, -0.2) is 30.2 Å². The third kappa shape index (κ3) is 6.42. The highest BCUT2D eigenvalue weighted by Gasteiger charge is 2.16. The lowest BCUT2D eigenvalue weighted by Gasteiger charge is -2.13. The molecule has 2 N–H and O–H groups in total. The number of anilines is 2. The van der Waals surface area contributed by atoms with Crippen molar-refractivity contribution in [1.29, 1.82) is 0 Å². The fourth-order valence-electron chi connectivity index (χ4n) is 2.56. The van der Waals surface area contributed by atoms with E-state index in [1.54, 1.807) is 12.1 Å². The molecule has 0 fully saturated rings. The standard InChI is InChI=1S/C19H26N2O5S2/c1-14(2)5-6-15-7-10-17(11-8-15)28(24,25)20-16-9-12-19(26-3)18(13-16)21-27(4,22)23/h7-14,20-21H,5-6H2,1-4H3. The molecule has 2 aromatic carbocycles. The number of benzene rings is 2. The first-order chi connectivity index (χ1) is 13.0. The zero-order valence-corrected chi connectivity index (χ0v) is 18.0. The van der Waals surface area contributed by atoms with Crippen LogP contribution in [0.2, 0.25) is 0 Å². The summed E-state index contributed by atoms with van der Waals surface area (Å²) in [7, 11) is -5.96. The minimum absolute atomic E-state index is 0.134. The number of sulfonamides is 2. The molecule has 0 atom stereocenters. The predicted molar refractivity (Wildman–Crippen MR) is 112 cm³/mol. The van der Waals surface area contributed by atoms with E-state index in [4.69, 9.17) is 4.74 Å². The Hall–Kier alpha value is -2.26. The second kappa shape index (κ2) is 8.83. The van der Waals surface area contributed by atoms with Crippen LogP contribution in [0, 0.1) is 5.92 Å². The largest absolute Gasteiger partial charge is 0.495 e. The molecule has 2 aromatic rings. The minimum Gasteiger partial charge on any atom is -0.495 e. The average molecular weight is 427 g/mol. The number of ether oxygens (including phenoxy) is 1. The molecule has 0 aliphatic rings. The fourth-order valence-corrected chi connectivity index (χ4v) is 4.16. The van der Waals surface area contributed by atoms with E-state index in [9.17, 15) is 16.8 Å². The van der Waals surface area contributed by atoms with Gasteiger partial charge >= 0.3 is 0 Å². The fraction of sp³-hybridized carbons (Fsp3) is 0.368. The zero-order valence-electron chi connectivity index (χ0n) is 16.4. The SMILES string of the molecule is COc1ccc(NS(=O)(=O)c2ccc(CCC(C)C)cc2)cc1NS(C)(=O)=O. The molecule has 0 heterocycles. The quantitative estimate of drug-likeness (QED) is 0.639. The van der Waals surface area contributed by atoms with Gasteiger partial charge in [-0.25, -0.2) is 16.8 Å². The number of hydrogen-bond donors (Lipinski definition) is 2. The number of hydrogen-bond acceptors (Lipinski definition) is 5. The van der Waals surface area contributed by atoms with E-state index in [1.165, 1.54) is 25.3 Å². The van der Waals surface area contributed by atoms with Crippen LogP contribution in [0.4, 0.5) is 11.4 Å². The lowest BCUT2D eigenvalue weighted by atomic mass is 10.0. The van der Waals surface area contributed by atoms with E-state index in [-0.39, 0.29) is 22.0 Å². The summed E-state index contributed by atoms with van der Waals surface area (Å²) in [5.74, 6) is 0.859. The van der Waals surface area contributed by atoms with Gasteiger partial charge < -0.3 is 4.74 Å². The molecule has 0 aromatic heterocycles. The maximum atomic E-state index is 12.6. The molecule has 0 aliphatic carbocycles. The van der Waals surface area contributed by atoms with Crippen molar-refractivity contribution in [3.8, 4) is 5.75 Å². The average Bonchev–Trinajstić information content (AvgIpc) is 2.59. The molecule has 0 saturated heterocycles. The van der Waals surface area contributed by atoms with Crippen LogP contribution in [-0.2, 0) is 26.5 Å². The van der Waals surface area contributed by atoms with Crippen LogP contribution >= 0.6 is 0 Å². The van der Waals surface area contributed by atoms with Crippen LogP contribution in [0.5, 0.6) is 5.75 Å². The van der Waals surface area contributed by atoms with Gasteiger partial charge in [0.05, 0.1) is 29.6 Å². The van der Waals surface area contributed by atoms with Gasteiger partial charge in [0.2, 0.25) is 10.0 Å². The summed E-state index contributed by atoms with van der Waals surface area (Å²) in [6, 6.07) is 11.1. The number of aryl methyl sites for hydroxylation is 1. The molecule has 28 heavy (non-hydrogen) atoms. The summed E-state index contributed by atoms with van der Waals surface area (Å²) in [4.78, 5) is 0.134. The van der Waals surface area contributed by atoms with Crippen LogP contribution in [0.1, 0.15) is 25.8 Å². The highest BCUT2D eigenvalue weighted by atomic mass is 32.2. The van der Waals surface area contributed by atoms with Crippen molar-refractivity contribution in [2.24, 2.45) is 5.92 Å². The Morgan fingerprint density at radius 1 is 0.964 bits per heavy atom. The molecule has 0 bridgehead atoms. The van der Waals surface area contributed by atoms with Crippen molar-refractivity contribution >= 4 is 31.4 Å². The van der Waals surface area contributed by atoms with Crippen molar-refractivity contribution in [2.45, 2.75) is 31.6 Å². The van der Waals surface area contributed by atoms with Crippen molar-refractivity contribution in [1.82, 2.24) is 0 Å². The van der Waals surface area contributed by atoms with E-state index in [0.29, 0.717) is 5.92 Å².